The predicted molar refractivity (Wildman–Crippen MR) is 102 cm³/mol. The van der Waals surface area contributed by atoms with Crippen molar-refractivity contribution in [1.82, 2.24) is 4.90 Å². The Kier molecular flexibility index (Phi) is 5.85. The standard InChI is InChI=1S/C20H23ClN2O4/c1-3-14-7-5-6-12-22(14)17-16(21)18(24)23(19(17)25)15-10-8-13(9-11-15)20(26)27-4-2/h8-11,14H,3-7,12H2,1-2H3. The van der Waals surface area contributed by atoms with Gasteiger partial charge in [-0.2, -0.15) is 0 Å². The molecule has 0 spiro atoms. The van der Waals surface area contributed by atoms with Gasteiger partial charge in [-0.25, -0.2) is 9.69 Å². The van der Waals surface area contributed by atoms with Gasteiger partial charge in [0.2, 0.25) is 0 Å². The summed E-state index contributed by atoms with van der Waals surface area (Å²) >= 11 is 6.30. The Morgan fingerprint density at radius 1 is 1.15 bits per heavy atom. The number of halogens is 1. The SMILES string of the molecule is CCOC(=O)c1ccc(N2C(=O)C(Cl)=C(N3CCCCC3CC)C2=O)cc1. The fraction of sp³-hybridized carbons (Fsp3) is 0.450. The second-order valence-electron chi connectivity index (χ2n) is 6.63. The molecule has 1 aromatic rings. The van der Waals surface area contributed by atoms with E-state index in [-0.39, 0.29) is 17.7 Å². The number of carbonyl (C=O) groups is 3. The molecule has 0 bridgehead atoms. The van der Waals surface area contributed by atoms with Crippen molar-refractivity contribution in [3.8, 4) is 0 Å². The summed E-state index contributed by atoms with van der Waals surface area (Å²) < 4.78 is 4.95. The maximum atomic E-state index is 13.0. The fourth-order valence-corrected chi connectivity index (χ4v) is 3.93. The zero-order valence-electron chi connectivity index (χ0n) is 15.5. The van der Waals surface area contributed by atoms with E-state index in [1.165, 1.54) is 12.1 Å². The van der Waals surface area contributed by atoms with Gasteiger partial charge in [-0.1, -0.05) is 18.5 Å². The van der Waals surface area contributed by atoms with Crippen LogP contribution in [0.2, 0.25) is 0 Å². The molecule has 2 aliphatic rings. The van der Waals surface area contributed by atoms with Crippen LogP contribution in [-0.2, 0) is 14.3 Å². The van der Waals surface area contributed by atoms with Gasteiger partial charge >= 0.3 is 5.97 Å². The van der Waals surface area contributed by atoms with E-state index in [4.69, 9.17) is 16.3 Å². The normalized spacial score (nSPS) is 20.5. The van der Waals surface area contributed by atoms with Crippen molar-refractivity contribution in [2.75, 3.05) is 18.1 Å². The molecule has 0 N–H and O–H groups in total. The number of benzene rings is 1. The minimum absolute atomic E-state index is 0.0326. The van der Waals surface area contributed by atoms with Crippen LogP contribution in [0.3, 0.4) is 0 Å². The second kappa shape index (κ2) is 8.13. The number of carbonyl (C=O) groups excluding carboxylic acids is 3. The third-order valence-corrected chi connectivity index (χ3v) is 5.37. The Labute approximate surface area is 163 Å². The third kappa shape index (κ3) is 3.58. The fourth-order valence-electron chi connectivity index (χ4n) is 3.66. The van der Waals surface area contributed by atoms with Crippen molar-refractivity contribution >= 4 is 35.1 Å². The number of amides is 2. The van der Waals surface area contributed by atoms with Gasteiger partial charge in [0.05, 0.1) is 17.9 Å². The van der Waals surface area contributed by atoms with Crippen LogP contribution in [0.5, 0.6) is 0 Å². The van der Waals surface area contributed by atoms with E-state index >= 15 is 0 Å². The predicted octanol–water partition coefficient (Wildman–Crippen LogP) is 3.45. The van der Waals surface area contributed by atoms with Crippen molar-refractivity contribution in [3.63, 3.8) is 0 Å². The number of hydrogen-bond acceptors (Lipinski definition) is 5. The summed E-state index contributed by atoms with van der Waals surface area (Å²) in [5, 5.41) is -0.0326. The van der Waals surface area contributed by atoms with Crippen LogP contribution < -0.4 is 4.90 Å². The molecule has 0 aromatic heterocycles. The van der Waals surface area contributed by atoms with E-state index < -0.39 is 17.8 Å². The zero-order valence-corrected chi connectivity index (χ0v) is 16.3. The molecule has 0 radical (unpaired) electrons. The van der Waals surface area contributed by atoms with Crippen LogP contribution in [0.4, 0.5) is 5.69 Å². The first-order valence-corrected chi connectivity index (χ1v) is 9.69. The molecule has 1 saturated heterocycles. The lowest BCUT2D eigenvalue weighted by atomic mass is 9.99. The number of ether oxygens (including phenoxy) is 1. The smallest absolute Gasteiger partial charge is 0.338 e. The van der Waals surface area contributed by atoms with Crippen molar-refractivity contribution < 1.29 is 19.1 Å². The Balaban J connectivity index is 1.86. The highest BCUT2D eigenvalue weighted by Gasteiger charge is 2.43. The van der Waals surface area contributed by atoms with Gasteiger partial charge in [-0.15, -0.1) is 0 Å². The summed E-state index contributed by atoms with van der Waals surface area (Å²) in [6.07, 6.45) is 3.96. The Hall–Kier alpha value is -2.34. The number of piperidine rings is 1. The molecule has 6 nitrogen and oxygen atoms in total. The zero-order chi connectivity index (χ0) is 19.6. The van der Waals surface area contributed by atoms with Crippen molar-refractivity contribution in [3.05, 3.63) is 40.6 Å². The molecule has 7 heteroatoms. The van der Waals surface area contributed by atoms with Gasteiger partial charge in [0, 0.05) is 12.6 Å². The summed E-state index contributed by atoms with van der Waals surface area (Å²) in [7, 11) is 0. The van der Waals surface area contributed by atoms with E-state index in [1.54, 1.807) is 19.1 Å². The number of anilines is 1. The molecule has 2 heterocycles. The highest BCUT2D eigenvalue weighted by molar-refractivity contribution is 6.52. The topological polar surface area (TPSA) is 66.9 Å². The first-order valence-electron chi connectivity index (χ1n) is 9.32. The van der Waals surface area contributed by atoms with Gasteiger partial charge < -0.3 is 9.64 Å². The minimum atomic E-state index is -0.527. The third-order valence-electron chi connectivity index (χ3n) is 5.03. The Morgan fingerprint density at radius 2 is 1.85 bits per heavy atom. The van der Waals surface area contributed by atoms with E-state index in [1.807, 2.05) is 4.90 Å². The van der Waals surface area contributed by atoms with Crippen molar-refractivity contribution in [2.24, 2.45) is 0 Å². The Morgan fingerprint density at radius 3 is 2.48 bits per heavy atom. The van der Waals surface area contributed by atoms with Crippen LogP contribution in [0, 0.1) is 0 Å². The molecular formula is C20H23ClN2O4. The van der Waals surface area contributed by atoms with Crippen LogP contribution in [-0.4, -0.2) is 41.9 Å². The van der Waals surface area contributed by atoms with Gasteiger partial charge in [-0.3, -0.25) is 9.59 Å². The summed E-state index contributed by atoms with van der Waals surface area (Å²) in [4.78, 5) is 40.6. The number of esters is 1. The van der Waals surface area contributed by atoms with E-state index in [9.17, 15) is 14.4 Å². The van der Waals surface area contributed by atoms with Crippen LogP contribution >= 0.6 is 11.6 Å². The Bertz CT molecular complexity index is 788. The molecule has 27 heavy (non-hydrogen) atoms. The van der Waals surface area contributed by atoms with Crippen molar-refractivity contribution in [1.29, 1.82) is 0 Å². The van der Waals surface area contributed by atoms with Crippen LogP contribution in [0.25, 0.3) is 0 Å². The number of hydrogen-bond donors (Lipinski definition) is 0. The summed E-state index contributed by atoms with van der Waals surface area (Å²) in [6.45, 7) is 4.80. The molecule has 1 atom stereocenters. The lowest BCUT2D eigenvalue weighted by Crippen LogP contribution is -2.42. The first kappa shape index (κ1) is 19.4. The number of nitrogens with zero attached hydrogens (tertiary/aromatic N) is 2. The molecular weight excluding hydrogens is 368 g/mol. The average molecular weight is 391 g/mol. The summed E-state index contributed by atoms with van der Waals surface area (Å²) in [6, 6.07) is 6.40. The number of likely N-dealkylation sites (tertiary alicyclic amines) is 1. The molecule has 3 rings (SSSR count). The molecule has 1 aromatic carbocycles. The molecule has 144 valence electrons. The lowest BCUT2D eigenvalue weighted by Gasteiger charge is -2.37. The molecule has 0 saturated carbocycles. The second-order valence-corrected chi connectivity index (χ2v) is 7.00. The van der Waals surface area contributed by atoms with Crippen LogP contribution in [0.1, 0.15) is 49.9 Å². The maximum Gasteiger partial charge on any atom is 0.338 e. The number of rotatable bonds is 5. The summed E-state index contributed by atoms with van der Waals surface area (Å²) in [5.74, 6) is -1.38. The quantitative estimate of drug-likeness (QED) is 0.569. The summed E-state index contributed by atoms with van der Waals surface area (Å²) in [5.41, 5.74) is 1.04. The van der Waals surface area contributed by atoms with E-state index in [0.29, 0.717) is 16.9 Å². The van der Waals surface area contributed by atoms with Gasteiger partial charge in [-0.05, 0) is 56.9 Å². The van der Waals surface area contributed by atoms with Gasteiger partial charge in [0.25, 0.3) is 11.8 Å². The molecule has 0 aliphatic carbocycles. The average Bonchev–Trinajstić information content (AvgIpc) is 2.91. The first-order chi connectivity index (χ1) is 13.0. The molecule has 2 amide bonds. The van der Waals surface area contributed by atoms with Crippen molar-refractivity contribution in [2.45, 2.75) is 45.6 Å². The maximum absolute atomic E-state index is 13.0. The highest BCUT2D eigenvalue weighted by Crippen LogP contribution is 2.35. The van der Waals surface area contributed by atoms with E-state index in [2.05, 4.69) is 6.92 Å². The van der Waals surface area contributed by atoms with Crippen LogP contribution in [0.15, 0.2) is 35.0 Å². The number of imide groups is 1. The highest BCUT2D eigenvalue weighted by atomic mass is 35.5. The largest absolute Gasteiger partial charge is 0.462 e. The molecule has 1 unspecified atom stereocenters. The van der Waals surface area contributed by atoms with E-state index in [0.717, 1.165) is 37.1 Å². The lowest BCUT2D eigenvalue weighted by molar-refractivity contribution is -0.121. The minimum Gasteiger partial charge on any atom is -0.462 e. The molecule has 1 fully saturated rings. The monoisotopic (exact) mass is 390 g/mol. The van der Waals surface area contributed by atoms with Gasteiger partial charge in [0.1, 0.15) is 10.7 Å². The van der Waals surface area contributed by atoms with Gasteiger partial charge in [0.15, 0.2) is 0 Å². The molecule has 2 aliphatic heterocycles.